The molecular weight excluding hydrogens is 204 g/mol. The molecule has 0 saturated heterocycles. The van der Waals surface area contributed by atoms with Gasteiger partial charge in [-0.1, -0.05) is 6.92 Å². The molecule has 16 heavy (non-hydrogen) atoms. The summed E-state index contributed by atoms with van der Waals surface area (Å²) < 4.78 is 4.97. The first-order valence-electron chi connectivity index (χ1n) is 5.58. The molecule has 4 heteroatoms. The lowest BCUT2D eigenvalue weighted by atomic mass is 10.1. The van der Waals surface area contributed by atoms with Crippen LogP contribution in [0.15, 0.2) is 6.20 Å². The van der Waals surface area contributed by atoms with E-state index in [-0.39, 0.29) is 11.4 Å². The van der Waals surface area contributed by atoms with Gasteiger partial charge < -0.3 is 4.74 Å². The van der Waals surface area contributed by atoms with E-state index in [9.17, 15) is 4.79 Å². The summed E-state index contributed by atoms with van der Waals surface area (Å²) in [6, 6.07) is 0. The Morgan fingerprint density at radius 3 is 2.81 bits per heavy atom. The van der Waals surface area contributed by atoms with E-state index >= 15 is 0 Å². The molecule has 0 unspecified atom stereocenters. The molecule has 1 aliphatic carbocycles. The third-order valence-corrected chi connectivity index (χ3v) is 2.98. The van der Waals surface area contributed by atoms with Gasteiger partial charge in [0.2, 0.25) is 0 Å². The van der Waals surface area contributed by atoms with Crippen molar-refractivity contribution in [1.82, 2.24) is 9.97 Å². The van der Waals surface area contributed by atoms with Crippen LogP contribution in [-0.2, 0) is 10.2 Å². The third-order valence-electron chi connectivity index (χ3n) is 2.98. The van der Waals surface area contributed by atoms with E-state index in [0.29, 0.717) is 12.3 Å². The van der Waals surface area contributed by atoms with Crippen molar-refractivity contribution in [2.75, 3.05) is 6.61 Å². The zero-order chi connectivity index (χ0) is 11.8. The number of hydrogen-bond acceptors (Lipinski definition) is 4. The molecule has 0 aromatic carbocycles. The fourth-order valence-electron chi connectivity index (χ4n) is 1.55. The molecule has 2 rings (SSSR count). The van der Waals surface area contributed by atoms with Crippen LogP contribution in [0.3, 0.4) is 0 Å². The van der Waals surface area contributed by atoms with Crippen LogP contribution in [0.2, 0.25) is 0 Å². The molecule has 1 fully saturated rings. The first kappa shape index (κ1) is 11.0. The predicted octanol–water partition coefficient (Wildman–Crippen LogP) is 2.01. The van der Waals surface area contributed by atoms with E-state index in [1.165, 1.54) is 0 Å². The van der Waals surface area contributed by atoms with Gasteiger partial charge in [-0.3, -0.25) is 0 Å². The molecule has 1 aliphatic rings. The maximum Gasteiger partial charge on any atom is 0.357 e. The van der Waals surface area contributed by atoms with E-state index in [2.05, 4.69) is 16.9 Å². The Balaban J connectivity index is 2.33. The quantitative estimate of drug-likeness (QED) is 0.731. The standard InChI is InChI=1S/C12H16N2O2/c1-4-16-10(15)9-8(2)7-13-11(14-9)12(3)5-6-12/h7H,4-6H2,1-3H3. The van der Waals surface area contributed by atoms with Gasteiger partial charge in [-0.25, -0.2) is 14.8 Å². The van der Waals surface area contributed by atoms with Crippen molar-refractivity contribution in [2.24, 2.45) is 0 Å². The Bertz CT molecular complexity index is 425. The normalized spacial score (nSPS) is 16.9. The molecule has 1 saturated carbocycles. The second kappa shape index (κ2) is 3.85. The van der Waals surface area contributed by atoms with Gasteiger partial charge in [0.15, 0.2) is 5.69 Å². The lowest BCUT2D eigenvalue weighted by Gasteiger charge is -2.10. The number of hydrogen-bond donors (Lipinski definition) is 0. The van der Waals surface area contributed by atoms with Gasteiger partial charge in [0.25, 0.3) is 0 Å². The predicted molar refractivity (Wildman–Crippen MR) is 59.3 cm³/mol. The minimum Gasteiger partial charge on any atom is -0.461 e. The monoisotopic (exact) mass is 220 g/mol. The zero-order valence-corrected chi connectivity index (χ0v) is 9.91. The highest BCUT2D eigenvalue weighted by Gasteiger charge is 2.42. The average molecular weight is 220 g/mol. The van der Waals surface area contributed by atoms with Gasteiger partial charge in [0.05, 0.1) is 6.61 Å². The Morgan fingerprint density at radius 1 is 1.56 bits per heavy atom. The van der Waals surface area contributed by atoms with Gasteiger partial charge in [0.1, 0.15) is 5.82 Å². The van der Waals surface area contributed by atoms with E-state index in [1.807, 2.05) is 6.92 Å². The Labute approximate surface area is 95.1 Å². The van der Waals surface area contributed by atoms with Crippen molar-refractivity contribution in [3.05, 3.63) is 23.3 Å². The molecule has 0 atom stereocenters. The van der Waals surface area contributed by atoms with Crippen LogP contribution in [0.4, 0.5) is 0 Å². The first-order chi connectivity index (χ1) is 7.57. The summed E-state index contributed by atoms with van der Waals surface area (Å²) in [6.07, 6.45) is 3.90. The van der Waals surface area contributed by atoms with Gasteiger partial charge >= 0.3 is 5.97 Å². The van der Waals surface area contributed by atoms with Crippen molar-refractivity contribution in [1.29, 1.82) is 0 Å². The highest BCUT2D eigenvalue weighted by atomic mass is 16.5. The molecular formula is C12H16N2O2. The minimum atomic E-state index is -0.354. The van der Waals surface area contributed by atoms with Gasteiger partial charge in [-0.15, -0.1) is 0 Å². The summed E-state index contributed by atoms with van der Waals surface area (Å²) in [5, 5.41) is 0. The Kier molecular flexibility index (Phi) is 2.66. The number of esters is 1. The Hall–Kier alpha value is -1.45. The van der Waals surface area contributed by atoms with Crippen LogP contribution in [0.5, 0.6) is 0 Å². The second-order valence-corrected chi connectivity index (χ2v) is 4.51. The second-order valence-electron chi connectivity index (χ2n) is 4.51. The number of carbonyl (C=O) groups excluding carboxylic acids is 1. The van der Waals surface area contributed by atoms with Crippen molar-refractivity contribution in [3.63, 3.8) is 0 Å². The van der Waals surface area contributed by atoms with Crippen molar-refractivity contribution < 1.29 is 9.53 Å². The fraction of sp³-hybridized carbons (Fsp3) is 0.583. The van der Waals surface area contributed by atoms with Crippen LogP contribution in [0.25, 0.3) is 0 Å². The highest BCUT2D eigenvalue weighted by molar-refractivity contribution is 5.88. The lowest BCUT2D eigenvalue weighted by molar-refractivity contribution is 0.0518. The minimum absolute atomic E-state index is 0.0783. The third kappa shape index (κ3) is 1.92. The molecule has 1 aromatic rings. The average Bonchev–Trinajstić information content (AvgIpc) is 2.98. The van der Waals surface area contributed by atoms with Gasteiger partial charge in [-0.05, 0) is 26.7 Å². The smallest absolute Gasteiger partial charge is 0.357 e. The summed E-state index contributed by atoms with van der Waals surface area (Å²) in [4.78, 5) is 20.3. The van der Waals surface area contributed by atoms with Crippen LogP contribution in [-0.4, -0.2) is 22.5 Å². The van der Waals surface area contributed by atoms with Crippen molar-refractivity contribution >= 4 is 5.97 Å². The SMILES string of the molecule is CCOC(=O)c1nc(C2(C)CC2)ncc1C. The molecule has 0 amide bonds. The van der Waals surface area contributed by atoms with Crippen LogP contribution >= 0.6 is 0 Å². The summed E-state index contributed by atoms with van der Waals surface area (Å²) >= 11 is 0. The molecule has 1 aromatic heterocycles. The summed E-state index contributed by atoms with van der Waals surface area (Å²) in [6.45, 7) is 6.10. The summed E-state index contributed by atoms with van der Waals surface area (Å²) in [5.41, 5.74) is 1.25. The molecule has 1 heterocycles. The number of ether oxygens (including phenoxy) is 1. The molecule has 86 valence electrons. The van der Waals surface area contributed by atoms with E-state index in [4.69, 9.17) is 4.74 Å². The van der Waals surface area contributed by atoms with Crippen molar-refractivity contribution in [3.8, 4) is 0 Å². The highest BCUT2D eigenvalue weighted by Crippen LogP contribution is 2.45. The largest absolute Gasteiger partial charge is 0.461 e. The van der Waals surface area contributed by atoms with E-state index < -0.39 is 0 Å². The van der Waals surface area contributed by atoms with Crippen LogP contribution in [0, 0.1) is 6.92 Å². The molecule has 0 spiro atoms. The van der Waals surface area contributed by atoms with E-state index in [1.54, 1.807) is 13.1 Å². The Morgan fingerprint density at radius 2 is 2.25 bits per heavy atom. The molecule has 0 N–H and O–H groups in total. The summed E-state index contributed by atoms with van der Waals surface area (Å²) in [5.74, 6) is 0.411. The number of aryl methyl sites for hydroxylation is 1. The van der Waals surface area contributed by atoms with Crippen LogP contribution < -0.4 is 0 Å². The number of carbonyl (C=O) groups is 1. The molecule has 0 bridgehead atoms. The first-order valence-corrected chi connectivity index (χ1v) is 5.58. The number of nitrogens with zero attached hydrogens (tertiary/aromatic N) is 2. The molecule has 0 radical (unpaired) electrons. The van der Waals surface area contributed by atoms with Gasteiger partial charge in [-0.2, -0.15) is 0 Å². The number of rotatable bonds is 3. The zero-order valence-electron chi connectivity index (χ0n) is 9.91. The van der Waals surface area contributed by atoms with Crippen molar-refractivity contribution in [2.45, 2.75) is 39.0 Å². The molecule has 0 aliphatic heterocycles. The van der Waals surface area contributed by atoms with Crippen LogP contribution in [0.1, 0.15) is 48.6 Å². The fourth-order valence-corrected chi connectivity index (χ4v) is 1.55. The van der Waals surface area contributed by atoms with Gasteiger partial charge in [0, 0.05) is 17.2 Å². The van der Waals surface area contributed by atoms with E-state index in [0.717, 1.165) is 24.2 Å². The maximum atomic E-state index is 11.7. The maximum absolute atomic E-state index is 11.7. The molecule has 4 nitrogen and oxygen atoms in total. The topological polar surface area (TPSA) is 52.1 Å². The lowest BCUT2D eigenvalue weighted by Crippen LogP contribution is -2.15. The number of aromatic nitrogens is 2. The summed E-state index contributed by atoms with van der Waals surface area (Å²) in [7, 11) is 0.